The number of likely N-dealkylation sites (tertiary alicyclic amines) is 1. The Labute approximate surface area is 120 Å². The first kappa shape index (κ1) is 16.9. The van der Waals surface area contributed by atoms with Crippen LogP contribution in [0.4, 0.5) is 0 Å². The molecule has 1 aliphatic heterocycles. The molecule has 1 aliphatic rings. The van der Waals surface area contributed by atoms with Crippen LogP contribution in [0.3, 0.4) is 0 Å². The van der Waals surface area contributed by atoms with Crippen molar-refractivity contribution >= 4 is 0 Å². The van der Waals surface area contributed by atoms with Gasteiger partial charge in [-0.25, -0.2) is 0 Å². The minimum atomic E-state index is 0.658. The quantitative estimate of drug-likeness (QED) is 0.694. The molecule has 0 bridgehead atoms. The third kappa shape index (κ3) is 6.73. The molecule has 0 aliphatic carbocycles. The summed E-state index contributed by atoms with van der Waals surface area (Å²) in [4.78, 5) is 5.04. The monoisotopic (exact) mass is 269 g/mol. The van der Waals surface area contributed by atoms with Gasteiger partial charge < -0.3 is 15.1 Å². The smallest absolute Gasteiger partial charge is 0.0217 e. The lowest BCUT2D eigenvalue weighted by molar-refractivity contribution is 0.177. The summed E-state index contributed by atoms with van der Waals surface area (Å²) in [7, 11) is 2.27. The van der Waals surface area contributed by atoms with Crippen LogP contribution in [-0.2, 0) is 0 Å². The van der Waals surface area contributed by atoms with Crippen molar-refractivity contribution in [3.8, 4) is 0 Å². The second kappa shape index (κ2) is 9.73. The Bertz CT molecular complexity index is 216. The van der Waals surface area contributed by atoms with E-state index in [1.165, 1.54) is 64.8 Å². The number of nitrogens with zero attached hydrogens (tertiary/aromatic N) is 2. The van der Waals surface area contributed by atoms with E-state index in [2.05, 4.69) is 42.9 Å². The number of hydrogen-bond donors (Lipinski definition) is 1. The number of likely N-dealkylation sites (N-methyl/N-ethyl adjacent to an activating group) is 1. The third-order valence-electron chi connectivity index (χ3n) is 4.63. The highest BCUT2D eigenvalue weighted by molar-refractivity contribution is 4.77. The Hall–Kier alpha value is -0.120. The van der Waals surface area contributed by atoms with Gasteiger partial charge in [-0.15, -0.1) is 0 Å². The molecule has 0 amide bonds. The highest BCUT2D eigenvalue weighted by Crippen LogP contribution is 2.14. The molecule has 0 saturated carbocycles. The molecule has 1 rings (SSSR count). The first-order valence-electron chi connectivity index (χ1n) is 8.33. The maximum absolute atomic E-state index is 3.73. The summed E-state index contributed by atoms with van der Waals surface area (Å²) in [6, 6.07) is 1.42. The number of hydrogen-bond acceptors (Lipinski definition) is 3. The van der Waals surface area contributed by atoms with Crippen molar-refractivity contribution < 1.29 is 0 Å². The van der Waals surface area contributed by atoms with E-state index in [4.69, 9.17) is 0 Å². The van der Waals surface area contributed by atoms with Gasteiger partial charge in [-0.2, -0.15) is 0 Å². The van der Waals surface area contributed by atoms with Crippen LogP contribution in [0.25, 0.3) is 0 Å². The van der Waals surface area contributed by atoms with Crippen LogP contribution >= 0.6 is 0 Å². The number of rotatable bonds is 9. The lowest BCUT2D eigenvalue weighted by atomic mass is 10.0. The average Bonchev–Trinajstić information content (AvgIpc) is 2.43. The summed E-state index contributed by atoms with van der Waals surface area (Å²) in [5, 5.41) is 3.73. The summed E-state index contributed by atoms with van der Waals surface area (Å²) in [6.45, 7) is 12.9. The molecule has 3 nitrogen and oxygen atoms in total. The van der Waals surface area contributed by atoms with Crippen molar-refractivity contribution in [1.82, 2.24) is 15.1 Å². The van der Waals surface area contributed by atoms with E-state index in [9.17, 15) is 0 Å². The minimum Gasteiger partial charge on any atom is -0.313 e. The van der Waals surface area contributed by atoms with E-state index in [0.717, 1.165) is 6.04 Å². The van der Waals surface area contributed by atoms with Crippen LogP contribution in [0.1, 0.15) is 52.9 Å². The van der Waals surface area contributed by atoms with Crippen LogP contribution in [0.2, 0.25) is 0 Å². The lowest BCUT2D eigenvalue weighted by Gasteiger charge is -2.33. The first-order chi connectivity index (χ1) is 9.17. The topological polar surface area (TPSA) is 18.5 Å². The van der Waals surface area contributed by atoms with Crippen molar-refractivity contribution in [2.45, 2.75) is 65.0 Å². The second-order valence-electron chi connectivity index (χ2n) is 6.11. The highest BCUT2D eigenvalue weighted by Gasteiger charge is 2.18. The number of piperidine rings is 1. The molecule has 0 radical (unpaired) electrons. The zero-order valence-electron chi connectivity index (χ0n) is 13.6. The van der Waals surface area contributed by atoms with Gasteiger partial charge in [0, 0.05) is 18.6 Å². The molecule has 3 heteroatoms. The molecule has 2 unspecified atom stereocenters. The predicted molar refractivity (Wildman–Crippen MR) is 84.8 cm³/mol. The fourth-order valence-electron chi connectivity index (χ4n) is 3.00. The molecule has 0 aromatic heterocycles. The van der Waals surface area contributed by atoms with Gasteiger partial charge in [0.2, 0.25) is 0 Å². The maximum Gasteiger partial charge on any atom is 0.0217 e. The van der Waals surface area contributed by atoms with Gasteiger partial charge >= 0.3 is 0 Å². The van der Waals surface area contributed by atoms with E-state index in [1.54, 1.807) is 0 Å². The van der Waals surface area contributed by atoms with E-state index in [1.807, 2.05) is 0 Å². The van der Waals surface area contributed by atoms with Crippen LogP contribution < -0.4 is 5.32 Å². The van der Waals surface area contributed by atoms with Crippen molar-refractivity contribution in [2.75, 3.05) is 39.8 Å². The Kier molecular flexibility index (Phi) is 8.67. The SMILES string of the molecule is CCN(CC)CCCC(C)NCC1CCCCN1C. The molecule has 0 aromatic carbocycles. The molecule has 114 valence electrons. The molecule has 1 fully saturated rings. The standard InChI is InChI=1S/C16H35N3/c1-5-19(6-2)13-9-10-15(3)17-14-16-11-7-8-12-18(16)4/h15-17H,5-14H2,1-4H3. The van der Waals surface area contributed by atoms with Gasteiger partial charge in [-0.1, -0.05) is 20.3 Å². The highest BCUT2D eigenvalue weighted by atomic mass is 15.2. The van der Waals surface area contributed by atoms with Crippen molar-refractivity contribution in [2.24, 2.45) is 0 Å². The Morgan fingerprint density at radius 1 is 1.26 bits per heavy atom. The maximum atomic E-state index is 3.73. The zero-order valence-corrected chi connectivity index (χ0v) is 13.6. The van der Waals surface area contributed by atoms with Gasteiger partial charge in [-0.05, 0) is 65.8 Å². The predicted octanol–water partition coefficient (Wildman–Crippen LogP) is 2.57. The van der Waals surface area contributed by atoms with Crippen LogP contribution in [-0.4, -0.2) is 61.7 Å². The molecule has 2 atom stereocenters. The molecule has 1 saturated heterocycles. The Balaban J connectivity index is 2.08. The van der Waals surface area contributed by atoms with E-state index < -0.39 is 0 Å². The second-order valence-corrected chi connectivity index (χ2v) is 6.11. The molecular formula is C16H35N3. The van der Waals surface area contributed by atoms with E-state index >= 15 is 0 Å². The van der Waals surface area contributed by atoms with E-state index in [0.29, 0.717) is 6.04 Å². The first-order valence-corrected chi connectivity index (χ1v) is 8.33. The van der Waals surface area contributed by atoms with Gasteiger partial charge in [0.15, 0.2) is 0 Å². The third-order valence-corrected chi connectivity index (χ3v) is 4.63. The summed E-state index contributed by atoms with van der Waals surface area (Å²) < 4.78 is 0. The van der Waals surface area contributed by atoms with Crippen LogP contribution in [0.15, 0.2) is 0 Å². The molecule has 0 spiro atoms. The van der Waals surface area contributed by atoms with Crippen molar-refractivity contribution in [3.05, 3.63) is 0 Å². The molecule has 1 heterocycles. The number of nitrogens with one attached hydrogen (secondary N) is 1. The summed E-state index contributed by atoms with van der Waals surface area (Å²) in [5.41, 5.74) is 0. The fourth-order valence-corrected chi connectivity index (χ4v) is 3.00. The average molecular weight is 269 g/mol. The summed E-state index contributed by atoms with van der Waals surface area (Å²) in [5.74, 6) is 0. The van der Waals surface area contributed by atoms with Crippen molar-refractivity contribution in [3.63, 3.8) is 0 Å². The van der Waals surface area contributed by atoms with Crippen LogP contribution in [0, 0.1) is 0 Å². The van der Waals surface area contributed by atoms with E-state index in [-0.39, 0.29) is 0 Å². The lowest BCUT2D eigenvalue weighted by Crippen LogP contribution is -2.45. The van der Waals surface area contributed by atoms with Gasteiger partial charge in [0.05, 0.1) is 0 Å². The van der Waals surface area contributed by atoms with Crippen molar-refractivity contribution in [1.29, 1.82) is 0 Å². The normalized spacial score (nSPS) is 22.9. The van der Waals surface area contributed by atoms with Gasteiger partial charge in [0.1, 0.15) is 0 Å². The zero-order chi connectivity index (χ0) is 14.1. The van der Waals surface area contributed by atoms with Gasteiger partial charge in [0.25, 0.3) is 0 Å². The molecule has 19 heavy (non-hydrogen) atoms. The summed E-state index contributed by atoms with van der Waals surface area (Å²) in [6.07, 6.45) is 6.78. The Morgan fingerprint density at radius 2 is 2.00 bits per heavy atom. The minimum absolute atomic E-state index is 0.658. The van der Waals surface area contributed by atoms with Crippen LogP contribution in [0.5, 0.6) is 0 Å². The summed E-state index contributed by atoms with van der Waals surface area (Å²) >= 11 is 0. The fraction of sp³-hybridized carbons (Fsp3) is 1.00. The largest absolute Gasteiger partial charge is 0.313 e. The Morgan fingerprint density at radius 3 is 2.63 bits per heavy atom. The molecule has 0 aromatic rings. The molecule has 1 N–H and O–H groups in total. The van der Waals surface area contributed by atoms with Gasteiger partial charge in [-0.3, -0.25) is 0 Å². The molecular weight excluding hydrogens is 234 g/mol.